The van der Waals surface area contributed by atoms with E-state index in [1.807, 2.05) is 13.8 Å². The van der Waals surface area contributed by atoms with Gasteiger partial charge in [0.25, 0.3) is 0 Å². The highest BCUT2D eigenvalue weighted by Crippen LogP contribution is 2.25. The molecule has 1 heterocycles. The van der Waals surface area contributed by atoms with Crippen LogP contribution in [0.5, 0.6) is 0 Å². The van der Waals surface area contributed by atoms with Gasteiger partial charge < -0.3 is 0 Å². The molecule has 2 rings (SSSR count). The van der Waals surface area contributed by atoms with E-state index in [-0.39, 0.29) is 11.7 Å². The molecule has 0 aliphatic heterocycles. The highest BCUT2D eigenvalue weighted by Gasteiger charge is 2.13. The Morgan fingerprint density at radius 2 is 2.05 bits per heavy atom. The highest BCUT2D eigenvalue weighted by molar-refractivity contribution is 7.12. The Labute approximate surface area is 138 Å². The Kier molecular flexibility index (Phi) is 6.19. The first kappa shape index (κ1) is 17.2. The first-order chi connectivity index (χ1) is 10.5. The number of carbonyl (C=O) groups is 1. The van der Waals surface area contributed by atoms with E-state index in [0.29, 0.717) is 0 Å². The second kappa shape index (κ2) is 7.92. The lowest BCUT2D eigenvalue weighted by Crippen LogP contribution is -2.18. The standard InChI is InChI=1S/C20H28OS/c1-5-6-11-18-17(12-16-10-8-7-9-15(16)4)13-19(22-18)20(21)14(2)3/h11-14H,5-10H2,1-4H3/b17-12-,18-11-. The van der Waals surface area contributed by atoms with E-state index >= 15 is 0 Å². The molecule has 0 N–H and O–H groups in total. The lowest BCUT2D eigenvalue weighted by Gasteiger charge is -2.14. The summed E-state index contributed by atoms with van der Waals surface area (Å²) in [5, 5.41) is 1.25. The van der Waals surface area contributed by atoms with Gasteiger partial charge in [0.1, 0.15) is 0 Å². The van der Waals surface area contributed by atoms with E-state index in [2.05, 4.69) is 32.1 Å². The summed E-state index contributed by atoms with van der Waals surface area (Å²) in [5.74, 6) is 0.339. The van der Waals surface area contributed by atoms with Crippen molar-refractivity contribution in [1.29, 1.82) is 0 Å². The molecule has 1 aliphatic carbocycles. The molecular formula is C20H28OS. The molecule has 120 valence electrons. The molecule has 0 spiro atoms. The molecule has 0 saturated heterocycles. The fourth-order valence-corrected chi connectivity index (χ4v) is 4.03. The molecule has 1 aromatic heterocycles. The molecule has 0 radical (unpaired) electrons. The summed E-state index contributed by atoms with van der Waals surface area (Å²) in [7, 11) is 0. The monoisotopic (exact) mass is 316 g/mol. The molecule has 22 heavy (non-hydrogen) atoms. The summed E-state index contributed by atoms with van der Waals surface area (Å²) < 4.78 is 1.27. The van der Waals surface area contributed by atoms with Crippen LogP contribution < -0.4 is 9.75 Å². The van der Waals surface area contributed by atoms with Crippen LogP contribution in [0.25, 0.3) is 12.2 Å². The summed E-state index contributed by atoms with van der Waals surface area (Å²) in [4.78, 5) is 13.2. The fourth-order valence-electron chi connectivity index (χ4n) is 2.84. The minimum atomic E-state index is 0.0705. The van der Waals surface area contributed by atoms with Gasteiger partial charge in [-0.15, -0.1) is 11.3 Å². The number of carbonyl (C=O) groups excluding carboxylic acids is 1. The Morgan fingerprint density at radius 1 is 1.32 bits per heavy atom. The molecule has 0 amide bonds. The van der Waals surface area contributed by atoms with Crippen LogP contribution in [0.1, 0.15) is 75.9 Å². The topological polar surface area (TPSA) is 17.1 Å². The van der Waals surface area contributed by atoms with Gasteiger partial charge in [-0.2, -0.15) is 0 Å². The van der Waals surface area contributed by atoms with Crippen molar-refractivity contribution in [2.45, 2.75) is 66.2 Å². The number of thiophene rings is 1. The predicted octanol–water partition coefficient (Wildman–Crippen LogP) is 4.84. The Morgan fingerprint density at radius 3 is 2.68 bits per heavy atom. The number of unbranched alkanes of at least 4 members (excludes halogenated alkanes) is 1. The second-order valence-electron chi connectivity index (χ2n) is 6.60. The smallest absolute Gasteiger partial charge is 0.175 e. The number of hydrogen-bond donors (Lipinski definition) is 0. The van der Waals surface area contributed by atoms with Gasteiger partial charge in [-0.25, -0.2) is 0 Å². The summed E-state index contributed by atoms with van der Waals surface area (Å²) >= 11 is 1.67. The molecular weight excluding hydrogens is 288 g/mol. The lowest BCUT2D eigenvalue weighted by molar-refractivity contribution is 0.0943. The number of allylic oxidation sites excluding steroid dienone is 2. The molecule has 0 aromatic carbocycles. The first-order valence-electron chi connectivity index (χ1n) is 8.57. The SMILES string of the molecule is CCC/C=c1\sc(C(=O)C(C)C)c\c1=C\C1=C(C)CCCC1. The van der Waals surface area contributed by atoms with Gasteiger partial charge >= 0.3 is 0 Å². The third-order valence-corrected chi connectivity index (χ3v) is 5.46. The van der Waals surface area contributed by atoms with E-state index in [9.17, 15) is 4.79 Å². The zero-order valence-corrected chi connectivity index (χ0v) is 15.2. The molecule has 0 fully saturated rings. The lowest BCUT2D eigenvalue weighted by atomic mass is 9.92. The minimum absolute atomic E-state index is 0.0705. The molecule has 0 atom stereocenters. The Hall–Kier alpha value is -1.15. The maximum Gasteiger partial charge on any atom is 0.175 e. The zero-order valence-electron chi connectivity index (χ0n) is 14.4. The van der Waals surface area contributed by atoms with Crippen LogP contribution in [-0.2, 0) is 0 Å². The van der Waals surface area contributed by atoms with Gasteiger partial charge in [-0.05, 0) is 55.9 Å². The van der Waals surface area contributed by atoms with Crippen LogP contribution in [0.3, 0.4) is 0 Å². The third kappa shape index (κ3) is 4.19. The number of Topliss-reactive ketones (excluding diaryl/α,β-unsaturated/α-hetero) is 1. The Balaban J connectivity index is 2.51. The largest absolute Gasteiger partial charge is 0.293 e. The van der Waals surface area contributed by atoms with Crippen LogP contribution in [0.4, 0.5) is 0 Å². The van der Waals surface area contributed by atoms with Gasteiger partial charge in [-0.1, -0.05) is 44.9 Å². The summed E-state index contributed by atoms with van der Waals surface area (Å²) in [6, 6.07) is 2.11. The summed E-state index contributed by atoms with van der Waals surface area (Å²) in [5.41, 5.74) is 3.01. The Bertz CT molecular complexity index is 673. The van der Waals surface area contributed by atoms with Gasteiger partial charge in [0.2, 0.25) is 0 Å². The predicted molar refractivity (Wildman–Crippen MR) is 97.7 cm³/mol. The van der Waals surface area contributed by atoms with Crippen molar-refractivity contribution in [3.63, 3.8) is 0 Å². The van der Waals surface area contributed by atoms with Crippen molar-refractivity contribution in [1.82, 2.24) is 0 Å². The van der Waals surface area contributed by atoms with Crippen molar-refractivity contribution in [2.24, 2.45) is 5.92 Å². The van der Waals surface area contributed by atoms with Crippen molar-refractivity contribution in [3.05, 3.63) is 31.8 Å². The average Bonchev–Trinajstić information content (AvgIpc) is 2.89. The maximum atomic E-state index is 12.3. The van der Waals surface area contributed by atoms with E-state index in [1.54, 1.807) is 11.3 Å². The first-order valence-corrected chi connectivity index (χ1v) is 9.39. The van der Waals surface area contributed by atoms with E-state index < -0.39 is 0 Å². The maximum absolute atomic E-state index is 12.3. The van der Waals surface area contributed by atoms with Gasteiger partial charge in [0.15, 0.2) is 5.78 Å². The zero-order chi connectivity index (χ0) is 16.1. The molecule has 1 nitrogen and oxygen atoms in total. The summed E-state index contributed by atoms with van der Waals surface area (Å²) in [6.45, 7) is 8.41. The van der Waals surface area contributed by atoms with Crippen molar-refractivity contribution >= 4 is 29.3 Å². The average molecular weight is 317 g/mol. The van der Waals surface area contributed by atoms with Crippen LogP contribution in [-0.4, -0.2) is 5.78 Å². The second-order valence-corrected chi connectivity index (χ2v) is 7.68. The minimum Gasteiger partial charge on any atom is -0.293 e. The van der Waals surface area contributed by atoms with Crippen LogP contribution in [0.2, 0.25) is 0 Å². The van der Waals surface area contributed by atoms with Crippen molar-refractivity contribution in [2.75, 3.05) is 0 Å². The number of ketones is 1. The molecule has 1 aliphatic rings. The quantitative estimate of drug-likeness (QED) is 0.711. The van der Waals surface area contributed by atoms with Crippen LogP contribution in [0, 0.1) is 5.92 Å². The molecule has 0 bridgehead atoms. The molecule has 0 unspecified atom stereocenters. The van der Waals surface area contributed by atoms with Gasteiger partial charge in [-0.3, -0.25) is 4.79 Å². The van der Waals surface area contributed by atoms with Crippen molar-refractivity contribution in [3.8, 4) is 0 Å². The van der Waals surface area contributed by atoms with Gasteiger partial charge in [0, 0.05) is 10.5 Å². The van der Waals surface area contributed by atoms with Crippen molar-refractivity contribution < 1.29 is 4.79 Å². The molecule has 1 aromatic rings. The summed E-state index contributed by atoms with van der Waals surface area (Å²) in [6.07, 6.45) is 11.9. The third-order valence-electron chi connectivity index (χ3n) is 4.30. The van der Waals surface area contributed by atoms with E-state index in [0.717, 1.165) is 17.7 Å². The fraction of sp³-hybridized carbons (Fsp3) is 0.550. The number of rotatable bonds is 5. The van der Waals surface area contributed by atoms with E-state index in [4.69, 9.17) is 0 Å². The normalized spacial score (nSPS) is 17.7. The van der Waals surface area contributed by atoms with Gasteiger partial charge in [0.05, 0.1) is 4.88 Å². The van der Waals surface area contributed by atoms with E-state index in [1.165, 1.54) is 46.6 Å². The van der Waals surface area contributed by atoms with Crippen LogP contribution in [0.15, 0.2) is 17.2 Å². The highest BCUT2D eigenvalue weighted by atomic mass is 32.1. The number of hydrogen-bond acceptors (Lipinski definition) is 2. The van der Waals surface area contributed by atoms with Crippen LogP contribution >= 0.6 is 11.3 Å². The molecule has 2 heteroatoms. The molecule has 0 saturated carbocycles.